The third kappa shape index (κ3) is 2.17. The number of nitrogens with zero attached hydrogens (tertiary/aromatic N) is 1. The van der Waals surface area contributed by atoms with Crippen LogP contribution in [-0.2, 0) is 5.60 Å². The summed E-state index contributed by atoms with van der Waals surface area (Å²) >= 11 is 5.95. The summed E-state index contributed by atoms with van der Waals surface area (Å²) in [6, 6.07) is 5.29. The quantitative estimate of drug-likeness (QED) is 0.737. The molecule has 0 atom stereocenters. The first-order chi connectivity index (χ1) is 7.51. The zero-order valence-corrected chi connectivity index (χ0v) is 10.2. The van der Waals surface area contributed by atoms with Crippen molar-refractivity contribution in [1.29, 1.82) is 0 Å². The zero-order valence-electron chi connectivity index (χ0n) is 9.41. The number of rotatable bonds is 1. The SMILES string of the molecule is CN1CCC(O)(c2cc(Cl)ccc2N)CC1. The minimum atomic E-state index is -0.818. The van der Waals surface area contributed by atoms with Crippen LogP contribution in [0, 0.1) is 0 Å². The van der Waals surface area contributed by atoms with E-state index in [1.165, 1.54) is 0 Å². The molecule has 3 nitrogen and oxygen atoms in total. The fraction of sp³-hybridized carbons (Fsp3) is 0.500. The predicted molar refractivity (Wildman–Crippen MR) is 66.5 cm³/mol. The third-order valence-corrected chi connectivity index (χ3v) is 3.57. The van der Waals surface area contributed by atoms with Crippen molar-refractivity contribution in [1.82, 2.24) is 4.90 Å². The Bertz CT molecular complexity index is 387. The number of hydrogen-bond acceptors (Lipinski definition) is 3. The van der Waals surface area contributed by atoms with Crippen LogP contribution in [0.3, 0.4) is 0 Å². The molecule has 1 fully saturated rings. The van der Waals surface area contributed by atoms with Gasteiger partial charge in [-0.3, -0.25) is 0 Å². The first kappa shape index (κ1) is 11.7. The van der Waals surface area contributed by atoms with Crippen LogP contribution in [0.2, 0.25) is 5.02 Å². The number of nitrogens with two attached hydrogens (primary N) is 1. The molecule has 1 aromatic rings. The highest BCUT2D eigenvalue weighted by atomic mass is 35.5. The van der Waals surface area contributed by atoms with Gasteiger partial charge in [-0.05, 0) is 38.1 Å². The lowest BCUT2D eigenvalue weighted by molar-refractivity contribution is -0.0196. The molecule has 0 saturated carbocycles. The second-order valence-corrected chi connectivity index (χ2v) is 5.00. The first-order valence-corrected chi connectivity index (χ1v) is 5.85. The van der Waals surface area contributed by atoms with Crippen LogP contribution in [0.25, 0.3) is 0 Å². The number of likely N-dealkylation sites (tertiary alicyclic amines) is 1. The van der Waals surface area contributed by atoms with Gasteiger partial charge in [0, 0.05) is 29.4 Å². The average molecular weight is 241 g/mol. The molecule has 2 rings (SSSR count). The molecule has 0 spiro atoms. The van der Waals surface area contributed by atoms with E-state index < -0.39 is 5.60 Å². The Balaban J connectivity index is 2.32. The number of hydrogen-bond donors (Lipinski definition) is 2. The predicted octanol–water partition coefficient (Wildman–Crippen LogP) is 1.84. The van der Waals surface area contributed by atoms with E-state index in [2.05, 4.69) is 11.9 Å². The summed E-state index contributed by atoms with van der Waals surface area (Å²) in [5.74, 6) is 0. The highest BCUT2D eigenvalue weighted by molar-refractivity contribution is 6.30. The number of nitrogen functional groups attached to an aromatic ring is 1. The maximum atomic E-state index is 10.6. The maximum absolute atomic E-state index is 10.6. The molecule has 0 aromatic heterocycles. The number of anilines is 1. The van der Waals surface area contributed by atoms with Crippen LogP contribution in [0.4, 0.5) is 5.69 Å². The first-order valence-electron chi connectivity index (χ1n) is 5.48. The minimum absolute atomic E-state index is 0.622. The van der Waals surface area contributed by atoms with Crippen molar-refractivity contribution in [2.75, 3.05) is 25.9 Å². The summed E-state index contributed by atoms with van der Waals surface area (Å²) in [6.45, 7) is 1.75. The van der Waals surface area contributed by atoms with Gasteiger partial charge in [0.2, 0.25) is 0 Å². The lowest BCUT2D eigenvalue weighted by atomic mass is 9.84. The van der Waals surface area contributed by atoms with Crippen molar-refractivity contribution in [3.05, 3.63) is 28.8 Å². The Morgan fingerprint density at radius 3 is 2.62 bits per heavy atom. The Hall–Kier alpha value is -0.770. The van der Waals surface area contributed by atoms with E-state index in [4.69, 9.17) is 17.3 Å². The summed E-state index contributed by atoms with van der Waals surface area (Å²) < 4.78 is 0. The number of benzene rings is 1. The standard InChI is InChI=1S/C12H17ClN2O/c1-15-6-4-12(16,5-7-15)10-8-9(13)2-3-11(10)14/h2-3,8,16H,4-7,14H2,1H3. The molecule has 1 aliphatic heterocycles. The fourth-order valence-electron chi connectivity index (χ4n) is 2.19. The average Bonchev–Trinajstić information content (AvgIpc) is 2.26. The molecule has 1 aromatic carbocycles. The fourth-order valence-corrected chi connectivity index (χ4v) is 2.36. The molecule has 16 heavy (non-hydrogen) atoms. The Morgan fingerprint density at radius 1 is 1.38 bits per heavy atom. The van der Waals surface area contributed by atoms with Crippen LogP contribution in [0.1, 0.15) is 18.4 Å². The van der Waals surface area contributed by atoms with Crippen molar-refractivity contribution in [2.24, 2.45) is 0 Å². The van der Waals surface area contributed by atoms with E-state index in [0.717, 1.165) is 18.7 Å². The van der Waals surface area contributed by atoms with Crippen LogP contribution in [-0.4, -0.2) is 30.1 Å². The maximum Gasteiger partial charge on any atom is 0.0941 e. The van der Waals surface area contributed by atoms with Crippen LogP contribution >= 0.6 is 11.6 Å². The second kappa shape index (κ2) is 4.24. The number of aliphatic hydroxyl groups is 1. The van der Waals surface area contributed by atoms with Gasteiger partial charge in [-0.2, -0.15) is 0 Å². The summed E-state index contributed by atoms with van der Waals surface area (Å²) in [5, 5.41) is 11.2. The van der Waals surface area contributed by atoms with Gasteiger partial charge in [0.25, 0.3) is 0 Å². The van der Waals surface area contributed by atoms with Crippen molar-refractivity contribution < 1.29 is 5.11 Å². The molecule has 0 unspecified atom stereocenters. The number of piperidine rings is 1. The second-order valence-electron chi connectivity index (χ2n) is 4.57. The summed E-state index contributed by atoms with van der Waals surface area (Å²) in [5.41, 5.74) is 6.48. The van der Waals surface area contributed by atoms with E-state index in [1.807, 2.05) is 0 Å². The van der Waals surface area contributed by atoms with Gasteiger partial charge < -0.3 is 15.7 Å². The molecular weight excluding hydrogens is 224 g/mol. The lowest BCUT2D eigenvalue weighted by Crippen LogP contribution is -2.41. The zero-order chi connectivity index (χ0) is 11.8. The van der Waals surface area contributed by atoms with Crippen molar-refractivity contribution in [2.45, 2.75) is 18.4 Å². The molecule has 1 heterocycles. The van der Waals surface area contributed by atoms with E-state index in [9.17, 15) is 5.11 Å². The van der Waals surface area contributed by atoms with Gasteiger partial charge >= 0.3 is 0 Å². The van der Waals surface area contributed by atoms with Gasteiger partial charge in [0.15, 0.2) is 0 Å². The van der Waals surface area contributed by atoms with E-state index in [0.29, 0.717) is 23.6 Å². The lowest BCUT2D eigenvalue weighted by Gasteiger charge is -2.37. The van der Waals surface area contributed by atoms with Crippen molar-refractivity contribution >= 4 is 17.3 Å². The molecular formula is C12H17ClN2O. The van der Waals surface area contributed by atoms with Gasteiger partial charge in [0.1, 0.15) is 0 Å². The molecule has 0 bridgehead atoms. The van der Waals surface area contributed by atoms with Crippen molar-refractivity contribution in [3.8, 4) is 0 Å². The van der Waals surface area contributed by atoms with E-state index in [-0.39, 0.29) is 0 Å². The Labute approximate surface area is 101 Å². The van der Waals surface area contributed by atoms with E-state index in [1.54, 1.807) is 18.2 Å². The van der Waals surface area contributed by atoms with Crippen LogP contribution < -0.4 is 5.73 Å². The Kier molecular flexibility index (Phi) is 3.10. The molecule has 4 heteroatoms. The largest absolute Gasteiger partial charge is 0.398 e. The summed E-state index contributed by atoms with van der Waals surface area (Å²) in [7, 11) is 2.06. The molecule has 0 aliphatic carbocycles. The van der Waals surface area contributed by atoms with Crippen molar-refractivity contribution in [3.63, 3.8) is 0 Å². The third-order valence-electron chi connectivity index (χ3n) is 3.33. The molecule has 1 aliphatic rings. The van der Waals surface area contributed by atoms with E-state index >= 15 is 0 Å². The molecule has 0 radical (unpaired) electrons. The van der Waals surface area contributed by atoms with Crippen LogP contribution in [0.5, 0.6) is 0 Å². The van der Waals surface area contributed by atoms with Gasteiger partial charge in [0.05, 0.1) is 5.60 Å². The summed E-state index contributed by atoms with van der Waals surface area (Å²) in [6.07, 6.45) is 1.40. The molecule has 0 amide bonds. The molecule has 1 saturated heterocycles. The summed E-state index contributed by atoms with van der Waals surface area (Å²) in [4.78, 5) is 2.20. The van der Waals surface area contributed by atoms with Crippen LogP contribution in [0.15, 0.2) is 18.2 Å². The normalized spacial score (nSPS) is 20.9. The van der Waals surface area contributed by atoms with Gasteiger partial charge in [-0.15, -0.1) is 0 Å². The minimum Gasteiger partial charge on any atom is -0.398 e. The molecule has 88 valence electrons. The smallest absolute Gasteiger partial charge is 0.0941 e. The highest BCUT2D eigenvalue weighted by Gasteiger charge is 2.34. The van der Waals surface area contributed by atoms with Gasteiger partial charge in [-0.1, -0.05) is 11.6 Å². The van der Waals surface area contributed by atoms with Gasteiger partial charge in [-0.25, -0.2) is 0 Å². The topological polar surface area (TPSA) is 49.5 Å². The highest BCUT2D eigenvalue weighted by Crippen LogP contribution is 2.36. The molecule has 3 N–H and O–H groups in total. The Morgan fingerprint density at radius 2 is 2.00 bits per heavy atom. The number of halogens is 1. The monoisotopic (exact) mass is 240 g/mol.